The number of hydrogen-bond donors (Lipinski definition) is 0. The monoisotopic (exact) mass is 388 g/mol. The van der Waals surface area contributed by atoms with Crippen LogP contribution in [0.5, 0.6) is 0 Å². The molecule has 4 heteroatoms. The van der Waals surface area contributed by atoms with Crippen molar-refractivity contribution in [3.8, 4) is 0 Å². The second-order valence-corrected chi connectivity index (χ2v) is 8.49. The molecule has 0 N–H and O–H groups in total. The van der Waals surface area contributed by atoms with Gasteiger partial charge < -0.3 is 4.74 Å². The quantitative estimate of drug-likeness (QED) is 0.304. The van der Waals surface area contributed by atoms with Crippen LogP contribution in [0, 0.1) is 6.92 Å². The van der Waals surface area contributed by atoms with Crippen LogP contribution in [0.2, 0.25) is 0 Å². The molecule has 0 aliphatic rings. The molecule has 0 saturated heterocycles. The van der Waals surface area contributed by atoms with Gasteiger partial charge in [-0.3, -0.25) is 0 Å². The minimum Gasteiger partial charge on any atom is -0.459 e. The first-order chi connectivity index (χ1) is 10.6. The van der Waals surface area contributed by atoms with Crippen molar-refractivity contribution in [2.75, 3.05) is 0 Å². The number of hydrogen-bond acceptors (Lipinski definition) is 3. The molecule has 0 spiro atoms. The summed E-state index contributed by atoms with van der Waals surface area (Å²) in [5.41, 5.74) is 0.676. The summed E-state index contributed by atoms with van der Waals surface area (Å²) >= 11 is 5.04. The highest BCUT2D eigenvalue weighted by atomic mass is 79.9. The third-order valence-corrected chi connectivity index (χ3v) is 5.56. The molecule has 0 amide bonds. The molecule has 0 aliphatic carbocycles. The summed E-state index contributed by atoms with van der Waals surface area (Å²) in [7, 11) is 0. The Morgan fingerprint density at radius 3 is 2.36 bits per heavy atom. The van der Waals surface area contributed by atoms with Crippen molar-refractivity contribution in [3.63, 3.8) is 0 Å². The van der Waals surface area contributed by atoms with Crippen molar-refractivity contribution >= 4 is 33.2 Å². The number of unbranched alkanes of at least 4 members (excludes halogenated alkanes) is 5. The molecule has 1 rings (SSSR count). The number of halogens is 1. The van der Waals surface area contributed by atoms with Crippen molar-refractivity contribution in [2.45, 2.75) is 84.7 Å². The third-order valence-electron chi connectivity index (χ3n) is 3.81. The van der Waals surface area contributed by atoms with Gasteiger partial charge in [0.1, 0.15) is 6.10 Å². The first-order valence-corrected chi connectivity index (χ1v) is 10.2. The van der Waals surface area contributed by atoms with E-state index in [2.05, 4.69) is 29.8 Å². The van der Waals surface area contributed by atoms with E-state index in [4.69, 9.17) is 4.74 Å². The average Bonchev–Trinajstić information content (AvgIpc) is 2.83. The fraction of sp³-hybridized carbons (Fsp3) is 0.722. The lowest BCUT2D eigenvalue weighted by atomic mass is 10.0. The zero-order chi connectivity index (χ0) is 16.4. The molecular formula is C18H29BrO2S. The van der Waals surface area contributed by atoms with Crippen LogP contribution in [-0.4, -0.2) is 12.1 Å². The number of carbonyl (C=O) groups is 1. The highest BCUT2D eigenvalue weighted by molar-refractivity contribution is 9.11. The van der Waals surface area contributed by atoms with E-state index in [0.717, 1.165) is 40.8 Å². The standard InChI is InChI=1S/C18H29BrO2S/c1-4-6-8-9-10-12-15(11-7-5-2)21-18(20)16-13-14(3)22-17(16)19/h13,15H,4-12H2,1-3H3. The van der Waals surface area contributed by atoms with Gasteiger partial charge in [0.25, 0.3) is 0 Å². The van der Waals surface area contributed by atoms with Crippen LogP contribution in [0.3, 0.4) is 0 Å². The average molecular weight is 389 g/mol. The summed E-state index contributed by atoms with van der Waals surface area (Å²) in [5.74, 6) is -0.175. The maximum absolute atomic E-state index is 12.3. The Labute approximate surface area is 147 Å². The number of esters is 1. The molecule has 2 nitrogen and oxygen atoms in total. The van der Waals surface area contributed by atoms with Crippen molar-refractivity contribution in [1.29, 1.82) is 0 Å². The Bertz CT molecular complexity index is 442. The van der Waals surface area contributed by atoms with E-state index in [1.165, 1.54) is 25.7 Å². The number of carbonyl (C=O) groups excluding carboxylic acids is 1. The summed E-state index contributed by atoms with van der Waals surface area (Å²) in [4.78, 5) is 13.5. The van der Waals surface area contributed by atoms with Gasteiger partial charge in [-0.2, -0.15) is 0 Å². The largest absolute Gasteiger partial charge is 0.459 e. The normalized spacial score (nSPS) is 12.4. The maximum Gasteiger partial charge on any atom is 0.340 e. The highest BCUT2D eigenvalue weighted by Gasteiger charge is 2.19. The fourth-order valence-corrected chi connectivity index (χ4v) is 4.26. The Balaban J connectivity index is 2.48. The van der Waals surface area contributed by atoms with Crippen molar-refractivity contribution in [1.82, 2.24) is 0 Å². The number of ether oxygens (including phenoxy) is 1. The van der Waals surface area contributed by atoms with Gasteiger partial charge in [-0.15, -0.1) is 11.3 Å². The molecule has 0 aromatic carbocycles. The zero-order valence-electron chi connectivity index (χ0n) is 14.1. The minimum atomic E-state index is -0.175. The van der Waals surface area contributed by atoms with E-state index in [9.17, 15) is 4.79 Å². The van der Waals surface area contributed by atoms with Gasteiger partial charge in [0, 0.05) is 4.88 Å². The van der Waals surface area contributed by atoms with Crippen LogP contribution in [0.15, 0.2) is 9.85 Å². The molecule has 1 heterocycles. The molecule has 22 heavy (non-hydrogen) atoms. The molecule has 0 radical (unpaired) electrons. The molecule has 1 aromatic rings. The second-order valence-electron chi connectivity index (χ2n) is 5.92. The van der Waals surface area contributed by atoms with Crippen LogP contribution in [0.25, 0.3) is 0 Å². The summed E-state index contributed by atoms with van der Waals surface area (Å²) < 4.78 is 6.66. The summed E-state index contributed by atoms with van der Waals surface area (Å²) in [5, 5.41) is 0. The van der Waals surface area contributed by atoms with E-state index in [0.29, 0.717) is 5.56 Å². The van der Waals surface area contributed by atoms with E-state index in [-0.39, 0.29) is 12.1 Å². The Morgan fingerprint density at radius 2 is 1.77 bits per heavy atom. The molecular weight excluding hydrogens is 360 g/mol. The van der Waals surface area contributed by atoms with Crippen molar-refractivity contribution in [2.24, 2.45) is 0 Å². The SMILES string of the molecule is CCCCCCCC(CCCC)OC(=O)c1cc(C)sc1Br. The predicted octanol–water partition coefficient (Wildman–Crippen LogP) is 6.90. The van der Waals surface area contributed by atoms with Crippen molar-refractivity contribution in [3.05, 3.63) is 20.3 Å². The van der Waals surface area contributed by atoms with E-state index < -0.39 is 0 Å². The maximum atomic E-state index is 12.3. The van der Waals surface area contributed by atoms with Gasteiger partial charge in [0.15, 0.2) is 0 Å². The zero-order valence-corrected chi connectivity index (χ0v) is 16.5. The molecule has 1 atom stereocenters. The number of aryl methyl sites for hydroxylation is 1. The molecule has 0 saturated carbocycles. The Kier molecular flexibility index (Phi) is 10.1. The van der Waals surface area contributed by atoms with Gasteiger partial charge >= 0.3 is 5.97 Å². The van der Waals surface area contributed by atoms with Gasteiger partial charge in [0.2, 0.25) is 0 Å². The van der Waals surface area contributed by atoms with Gasteiger partial charge in [-0.1, -0.05) is 52.4 Å². The van der Waals surface area contributed by atoms with Crippen LogP contribution in [0.1, 0.15) is 86.9 Å². The lowest BCUT2D eigenvalue weighted by Crippen LogP contribution is -2.18. The van der Waals surface area contributed by atoms with Crippen LogP contribution in [0.4, 0.5) is 0 Å². The topological polar surface area (TPSA) is 26.3 Å². The van der Waals surface area contributed by atoms with E-state index >= 15 is 0 Å². The Morgan fingerprint density at radius 1 is 1.14 bits per heavy atom. The first kappa shape index (κ1) is 19.7. The lowest BCUT2D eigenvalue weighted by Gasteiger charge is -2.17. The Hall–Kier alpha value is -0.350. The third kappa shape index (κ3) is 7.28. The summed E-state index contributed by atoms with van der Waals surface area (Å²) in [6.07, 6.45) is 10.6. The minimum absolute atomic E-state index is 0.0705. The van der Waals surface area contributed by atoms with E-state index in [1.807, 2.05) is 13.0 Å². The number of thiophene rings is 1. The molecule has 126 valence electrons. The molecule has 1 unspecified atom stereocenters. The fourth-order valence-electron chi connectivity index (χ4n) is 2.51. The molecule has 0 aliphatic heterocycles. The van der Waals surface area contributed by atoms with Gasteiger partial charge in [0.05, 0.1) is 9.35 Å². The van der Waals surface area contributed by atoms with Crippen LogP contribution >= 0.6 is 27.3 Å². The summed E-state index contributed by atoms with van der Waals surface area (Å²) in [6.45, 7) is 6.42. The molecule has 1 aromatic heterocycles. The van der Waals surface area contributed by atoms with Gasteiger partial charge in [-0.25, -0.2) is 4.79 Å². The van der Waals surface area contributed by atoms with Crippen LogP contribution in [-0.2, 0) is 4.74 Å². The first-order valence-electron chi connectivity index (χ1n) is 8.55. The smallest absolute Gasteiger partial charge is 0.340 e. The van der Waals surface area contributed by atoms with Crippen LogP contribution < -0.4 is 0 Å². The number of rotatable bonds is 11. The highest BCUT2D eigenvalue weighted by Crippen LogP contribution is 2.29. The van der Waals surface area contributed by atoms with Crippen molar-refractivity contribution < 1.29 is 9.53 Å². The van der Waals surface area contributed by atoms with E-state index in [1.54, 1.807) is 11.3 Å². The summed E-state index contributed by atoms with van der Waals surface area (Å²) in [6, 6.07) is 1.91. The second kappa shape index (κ2) is 11.2. The lowest BCUT2D eigenvalue weighted by molar-refractivity contribution is 0.0249. The predicted molar refractivity (Wildman–Crippen MR) is 98.9 cm³/mol. The molecule has 0 bridgehead atoms. The van der Waals surface area contributed by atoms with Gasteiger partial charge in [-0.05, 0) is 48.2 Å². The molecule has 0 fully saturated rings.